The van der Waals surface area contributed by atoms with Gasteiger partial charge >= 0.3 is 0 Å². The molecule has 1 saturated heterocycles. The van der Waals surface area contributed by atoms with E-state index in [2.05, 4.69) is 0 Å². The van der Waals surface area contributed by atoms with Gasteiger partial charge in [-0.05, 0) is 38.8 Å². The normalized spacial score (nSPS) is 18.7. The summed E-state index contributed by atoms with van der Waals surface area (Å²) < 4.78 is 32.2. The maximum absolute atomic E-state index is 13.7. The van der Waals surface area contributed by atoms with Crippen LogP contribution >= 0.6 is 0 Å². The Morgan fingerprint density at radius 2 is 2.05 bits per heavy atom. The van der Waals surface area contributed by atoms with Crippen LogP contribution in [0.3, 0.4) is 0 Å². The number of carbonyl (C=O) groups is 1. The van der Waals surface area contributed by atoms with E-state index in [-0.39, 0.29) is 17.5 Å². The maximum Gasteiger partial charge on any atom is 0.182 e. The van der Waals surface area contributed by atoms with Crippen LogP contribution in [-0.4, -0.2) is 42.5 Å². The van der Waals surface area contributed by atoms with Crippen molar-refractivity contribution in [2.75, 3.05) is 19.7 Å². The van der Waals surface area contributed by atoms with Crippen molar-refractivity contribution in [2.45, 2.75) is 38.8 Å². The average molecular weight is 297 g/mol. The largest absolute Gasteiger partial charge is 0.378 e. The molecule has 1 atom stereocenters. The summed E-state index contributed by atoms with van der Waals surface area (Å²) in [5.74, 6) is -1.77. The van der Waals surface area contributed by atoms with Gasteiger partial charge in [-0.15, -0.1) is 0 Å². The van der Waals surface area contributed by atoms with Crippen molar-refractivity contribution in [3.63, 3.8) is 0 Å². The van der Waals surface area contributed by atoms with Gasteiger partial charge in [0.1, 0.15) is 11.6 Å². The molecule has 1 fully saturated rings. The minimum absolute atomic E-state index is 0.0455. The molecule has 1 aromatic rings. The number of ketones is 1. The summed E-state index contributed by atoms with van der Waals surface area (Å²) in [7, 11) is 0. The number of ether oxygens (including phenoxy) is 1. The third-order valence-corrected chi connectivity index (χ3v) is 4.00. The molecule has 1 aromatic carbocycles. The zero-order valence-electron chi connectivity index (χ0n) is 12.4. The minimum Gasteiger partial charge on any atom is -0.378 e. The van der Waals surface area contributed by atoms with E-state index in [1.54, 1.807) is 6.92 Å². The van der Waals surface area contributed by atoms with Crippen LogP contribution < -0.4 is 0 Å². The van der Waals surface area contributed by atoms with Gasteiger partial charge in [0.15, 0.2) is 5.78 Å². The van der Waals surface area contributed by atoms with E-state index in [4.69, 9.17) is 4.74 Å². The Labute approximate surface area is 123 Å². The lowest BCUT2D eigenvalue weighted by Gasteiger charge is -2.35. The van der Waals surface area contributed by atoms with Crippen LogP contribution in [0.1, 0.15) is 37.0 Å². The van der Waals surface area contributed by atoms with E-state index in [1.165, 1.54) is 6.07 Å². The summed E-state index contributed by atoms with van der Waals surface area (Å²) in [5.41, 5.74) is -0.0455. The number of halogens is 2. The van der Waals surface area contributed by atoms with E-state index in [0.717, 1.165) is 38.1 Å². The number of hydrogen-bond acceptors (Lipinski definition) is 3. The average Bonchev–Trinajstić information content (AvgIpc) is 2.47. The standard InChI is InChI=1S/C16H21F2NO2/c1-3-21-13-6-8-19(9-7-13)11(2)16(20)14-5-4-12(17)10-15(14)18/h4-5,10-11,13H,3,6-9H2,1-2H3. The molecule has 21 heavy (non-hydrogen) atoms. The van der Waals surface area contributed by atoms with Gasteiger partial charge in [0.2, 0.25) is 0 Å². The highest BCUT2D eigenvalue weighted by Gasteiger charge is 2.28. The number of carbonyl (C=O) groups excluding carboxylic acids is 1. The zero-order chi connectivity index (χ0) is 15.4. The minimum atomic E-state index is -0.795. The monoisotopic (exact) mass is 297 g/mol. The molecule has 1 unspecified atom stereocenters. The van der Waals surface area contributed by atoms with Gasteiger partial charge in [0.05, 0.1) is 17.7 Å². The number of Topliss-reactive ketones (excluding diaryl/α,β-unsaturated/α-hetero) is 1. The second kappa shape index (κ2) is 7.09. The van der Waals surface area contributed by atoms with Gasteiger partial charge in [-0.3, -0.25) is 9.69 Å². The van der Waals surface area contributed by atoms with Crippen molar-refractivity contribution in [1.82, 2.24) is 4.90 Å². The first-order chi connectivity index (χ1) is 10.0. The molecule has 0 aliphatic carbocycles. The molecule has 2 rings (SSSR count). The zero-order valence-corrected chi connectivity index (χ0v) is 12.4. The first-order valence-electron chi connectivity index (χ1n) is 7.37. The first kappa shape index (κ1) is 16.0. The number of rotatable bonds is 5. The highest BCUT2D eigenvalue weighted by molar-refractivity contribution is 6.00. The molecule has 0 bridgehead atoms. The summed E-state index contributed by atoms with van der Waals surface area (Å²) >= 11 is 0. The quantitative estimate of drug-likeness (QED) is 0.782. The van der Waals surface area contributed by atoms with Gasteiger partial charge in [0, 0.05) is 25.8 Å². The van der Waals surface area contributed by atoms with Gasteiger partial charge in [-0.25, -0.2) is 8.78 Å². The summed E-state index contributed by atoms with van der Waals surface area (Å²) in [4.78, 5) is 14.4. The molecular formula is C16H21F2NO2. The molecule has 0 amide bonds. The molecule has 0 N–H and O–H groups in total. The summed E-state index contributed by atoms with van der Waals surface area (Å²) in [5, 5.41) is 0. The van der Waals surface area contributed by atoms with E-state index in [0.29, 0.717) is 6.61 Å². The molecule has 5 heteroatoms. The lowest BCUT2D eigenvalue weighted by Crippen LogP contribution is -2.45. The molecular weight excluding hydrogens is 276 g/mol. The smallest absolute Gasteiger partial charge is 0.182 e. The van der Waals surface area contributed by atoms with Gasteiger partial charge in [-0.2, -0.15) is 0 Å². The van der Waals surface area contributed by atoms with Crippen molar-refractivity contribution in [2.24, 2.45) is 0 Å². The Morgan fingerprint density at radius 1 is 1.38 bits per heavy atom. The Morgan fingerprint density at radius 3 is 2.62 bits per heavy atom. The predicted octanol–water partition coefficient (Wildman–Crippen LogP) is 3.04. The maximum atomic E-state index is 13.7. The summed E-state index contributed by atoms with van der Waals surface area (Å²) in [6, 6.07) is 2.68. The van der Waals surface area contributed by atoms with Gasteiger partial charge in [-0.1, -0.05) is 0 Å². The second-order valence-electron chi connectivity index (χ2n) is 5.36. The lowest BCUT2D eigenvalue weighted by molar-refractivity contribution is 0.00671. The predicted molar refractivity (Wildman–Crippen MR) is 76.4 cm³/mol. The third kappa shape index (κ3) is 3.86. The fraction of sp³-hybridized carbons (Fsp3) is 0.562. The molecule has 0 saturated carbocycles. The highest BCUT2D eigenvalue weighted by atomic mass is 19.1. The van der Waals surface area contributed by atoms with E-state index in [1.807, 2.05) is 11.8 Å². The van der Waals surface area contributed by atoms with Crippen LogP contribution in [0.15, 0.2) is 18.2 Å². The van der Waals surface area contributed by atoms with Crippen LogP contribution in [0.2, 0.25) is 0 Å². The van der Waals surface area contributed by atoms with Crippen LogP contribution in [-0.2, 0) is 4.74 Å². The molecule has 0 radical (unpaired) electrons. The third-order valence-electron chi connectivity index (χ3n) is 4.00. The molecule has 1 aliphatic rings. The molecule has 1 aliphatic heterocycles. The second-order valence-corrected chi connectivity index (χ2v) is 5.36. The van der Waals surface area contributed by atoms with Gasteiger partial charge in [0.25, 0.3) is 0 Å². The van der Waals surface area contributed by atoms with E-state index < -0.39 is 17.7 Å². The van der Waals surface area contributed by atoms with Crippen molar-refractivity contribution in [3.05, 3.63) is 35.4 Å². The number of nitrogens with zero attached hydrogens (tertiary/aromatic N) is 1. The summed E-state index contributed by atoms with van der Waals surface area (Å²) in [6.45, 7) is 5.93. The van der Waals surface area contributed by atoms with Crippen LogP contribution in [0.25, 0.3) is 0 Å². The number of piperidine rings is 1. The molecule has 116 valence electrons. The van der Waals surface area contributed by atoms with Gasteiger partial charge < -0.3 is 4.74 Å². The topological polar surface area (TPSA) is 29.5 Å². The van der Waals surface area contributed by atoms with Crippen molar-refractivity contribution in [3.8, 4) is 0 Å². The Bertz CT molecular complexity index is 499. The molecule has 3 nitrogen and oxygen atoms in total. The van der Waals surface area contributed by atoms with E-state index >= 15 is 0 Å². The fourth-order valence-corrected chi connectivity index (χ4v) is 2.75. The van der Waals surface area contributed by atoms with Crippen LogP contribution in [0.5, 0.6) is 0 Å². The van der Waals surface area contributed by atoms with Crippen LogP contribution in [0.4, 0.5) is 8.78 Å². The SMILES string of the molecule is CCOC1CCN(C(C)C(=O)c2ccc(F)cc2F)CC1. The Hall–Kier alpha value is -1.33. The number of likely N-dealkylation sites (tertiary alicyclic amines) is 1. The Kier molecular flexibility index (Phi) is 5.42. The first-order valence-corrected chi connectivity index (χ1v) is 7.37. The van der Waals surface area contributed by atoms with Crippen molar-refractivity contribution < 1.29 is 18.3 Å². The molecule has 1 heterocycles. The Balaban J connectivity index is 2.00. The van der Waals surface area contributed by atoms with Crippen molar-refractivity contribution >= 4 is 5.78 Å². The van der Waals surface area contributed by atoms with Crippen LogP contribution in [0, 0.1) is 11.6 Å². The molecule has 0 spiro atoms. The van der Waals surface area contributed by atoms with E-state index in [9.17, 15) is 13.6 Å². The fourth-order valence-electron chi connectivity index (χ4n) is 2.75. The highest BCUT2D eigenvalue weighted by Crippen LogP contribution is 2.19. The van der Waals surface area contributed by atoms with Crippen molar-refractivity contribution in [1.29, 1.82) is 0 Å². The molecule has 0 aromatic heterocycles. The number of benzene rings is 1. The lowest BCUT2D eigenvalue weighted by atomic mass is 10.00. The summed E-state index contributed by atoms with van der Waals surface area (Å²) in [6.07, 6.45) is 1.99. The number of hydrogen-bond donors (Lipinski definition) is 0.